The first kappa shape index (κ1) is 14.9. The molecule has 1 aromatic carbocycles. The lowest BCUT2D eigenvalue weighted by Crippen LogP contribution is -2.13. The largest absolute Gasteiger partial charge is 0.333 e. The van der Waals surface area contributed by atoms with Crippen LogP contribution in [0.5, 0.6) is 0 Å². The van der Waals surface area contributed by atoms with Crippen molar-refractivity contribution >= 4 is 7.60 Å². The van der Waals surface area contributed by atoms with Gasteiger partial charge in [0, 0.05) is 0 Å². The van der Waals surface area contributed by atoms with Gasteiger partial charge in [0.05, 0.1) is 17.3 Å². The van der Waals surface area contributed by atoms with Crippen LogP contribution in [0.1, 0.15) is 43.5 Å². The Labute approximate surface area is 107 Å². The molecular formula is C13H18NO3P. The SMILES string of the molecule is CCC(CC)C(c1ccccc1C#N)P(=O)(O)O. The van der Waals surface area contributed by atoms with Crippen molar-refractivity contribution in [2.24, 2.45) is 5.92 Å². The van der Waals surface area contributed by atoms with Crippen molar-refractivity contribution in [1.82, 2.24) is 0 Å². The Kier molecular flexibility index (Phi) is 5.10. The number of nitrogens with zero attached hydrogens (tertiary/aromatic N) is 1. The van der Waals surface area contributed by atoms with E-state index in [0.29, 0.717) is 24.0 Å². The normalized spacial score (nSPS) is 13.3. The molecular weight excluding hydrogens is 249 g/mol. The van der Waals surface area contributed by atoms with Gasteiger partial charge in [0.25, 0.3) is 0 Å². The third-order valence-corrected chi connectivity index (χ3v) is 4.68. The zero-order valence-corrected chi connectivity index (χ0v) is 11.5. The quantitative estimate of drug-likeness (QED) is 0.802. The molecule has 0 aliphatic heterocycles. The van der Waals surface area contributed by atoms with Crippen molar-refractivity contribution in [3.8, 4) is 6.07 Å². The van der Waals surface area contributed by atoms with Crippen molar-refractivity contribution in [1.29, 1.82) is 5.26 Å². The third kappa shape index (κ3) is 3.20. The monoisotopic (exact) mass is 267 g/mol. The summed E-state index contributed by atoms with van der Waals surface area (Å²) in [6, 6.07) is 8.65. The standard InChI is InChI=1S/C13H18NO3P/c1-3-10(4-2)13(18(15,16)17)12-8-6-5-7-11(12)9-14/h5-8,10,13H,3-4H2,1-2H3,(H2,15,16,17). The Hall–Kier alpha value is -1.14. The fourth-order valence-corrected chi connectivity index (χ4v) is 3.86. The summed E-state index contributed by atoms with van der Waals surface area (Å²) < 4.78 is 11.7. The molecule has 0 saturated carbocycles. The lowest BCUT2D eigenvalue weighted by atomic mass is 9.91. The van der Waals surface area contributed by atoms with Crippen LogP contribution in [-0.2, 0) is 4.57 Å². The van der Waals surface area contributed by atoms with E-state index in [4.69, 9.17) is 5.26 Å². The molecule has 1 aromatic rings. The molecule has 0 aliphatic rings. The minimum Gasteiger partial charge on any atom is -0.324 e. The zero-order valence-electron chi connectivity index (χ0n) is 10.6. The average molecular weight is 267 g/mol. The van der Waals surface area contributed by atoms with Crippen molar-refractivity contribution in [3.63, 3.8) is 0 Å². The van der Waals surface area contributed by atoms with Crippen LogP contribution in [0.4, 0.5) is 0 Å². The Morgan fingerprint density at radius 1 is 1.28 bits per heavy atom. The van der Waals surface area contributed by atoms with Gasteiger partial charge in [-0.1, -0.05) is 44.9 Å². The lowest BCUT2D eigenvalue weighted by Gasteiger charge is -2.27. The van der Waals surface area contributed by atoms with Crippen molar-refractivity contribution in [2.45, 2.75) is 32.3 Å². The summed E-state index contributed by atoms with van der Waals surface area (Å²) in [5, 5.41) is 9.06. The molecule has 0 bridgehead atoms. The molecule has 0 amide bonds. The van der Waals surface area contributed by atoms with Gasteiger partial charge in [0.15, 0.2) is 0 Å². The molecule has 5 heteroatoms. The van der Waals surface area contributed by atoms with E-state index < -0.39 is 13.3 Å². The van der Waals surface area contributed by atoms with Gasteiger partial charge in [-0.15, -0.1) is 0 Å². The summed E-state index contributed by atoms with van der Waals surface area (Å²) in [6.45, 7) is 3.82. The molecule has 0 spiro atoms. The fraction of sp³-hybridized carbons (Fsp3) is 0.462. The summed E-state index contributed by atoms with van der Waals surface area (Å²) in [6.07, 6.45) is 1.35. The molecule has 0 aromatic heterocycles. The topological polar surface area (TPSA) is 81.3 Å². The molecule has 1 atom stereocenters. The van der Waals surface area contributed by atoms with Crippen LogP contribution in [0.2, 0.25) is 0 Å². The maximum Gasteiger partial charge on any atom is 0.333 e. The maximum atomic E-state index is 11.7. The van der Waals surface area contributed by atoms with Crippen molar-refractivity contribution < 1.29 is 14.4 Å². The maximum absolute atomic E-state index is 11.7. The van der Waals surface area contributed by atoms with E-state index in [1.165, 1.54) is 0 Å². The van der Waals surface area contributed by atoms with E-state index in [9.17, 15) is 14.4 Å². The van der Waals surface area contributed by atoms with E-state index in [-0.39, 0.29) is 5.92 Å². The molecule has 1 unspecified atom stereocenters. The van der Waals surface area contributed by atoms with Crippen molar-refractivity contribution in [2.75, 3.05) is 0 Å². The minimum absolute atomic E-state index is 0.125. The van der Waals surface area contributed by atoms with Gasteiger partial charge >= 0.3 is 7.60 Å². The summed E-state index contributed by atoms with van der Waals surface area (Å²) in [5.74, 6) is -0.125. The summed E-state index contributed by atoms with van der Waals surface area (Å²) in [4.78, 5) is 19.2. The highest BCUT2D eigenvalue weighted by molar-refractivity contribution is 7.52. The molecule has 1 rings (SSSR count). The molecule has 98 valence electrons. The van der Waals surface area contributed by atoms with Gasteiger partial charge in [-0.25, -0.2) is 0 Å². The van der Waals surface area contributed by atoms with Crippen LogP contribution in [0.25, 0.3) is 0 Å². The van der Waals surface area contributed by atoms with Crippen LogP contribution in [0, 0.1) is 17.2 Å². The van der Waals surface area contributed by atoms with E-state index in [0.717, 1.165) is 0 Å². The first-order valence-corrected chi connectivity index (χ1v) is 7.68. The smallest absolute Gasteiger partial charge is 0.324 e. The highest BCUT2D eigenvalue weighted by Gasteiger charge is 2.37. The second-order valence-corrected chi connectivity index (χ2v) is 6.04. The zero-order chi connectivity index (χ0) is 13.8. The van der Waals surface area contributed by atoms with E-state index in [2.05, 4.69) is 0 Å². The number of nitriles is 1. The number of rotatable bonds is 5. The molecule has 0 fully saturated rings. The van der Waals surface area contributed by atoms with E-state index in [1.807, 2.05) is 19.9 Å². The van der Waals surface area contributed by atoms with Crippen LogP contribution >= 0.6 is 7.60 Å². The second-order valence-electron chi connectivity index (χ2n) is 4.31. The highest BCUT2D eigenvalue weighted by atomic mass is 31.2. The van der Waals surface area contributed by atoms with Gasteiger partial charge in [0.1, 0.15) is 0 Å². The van der Waals surface area contributed by atoms with Gasteiger partial charge in [-0.05, 0) is 17.5 Å². The lowest BCUT2D eigenvalue weighted by molar-refractivity contribution is 0.327. The highest BCUT2D eigenvalue weighted by Crippen LogP contribution is 2.57. The average Bonchev–Trinajstić information content (AvgIpc) is 2.34. The molecule has 2 N–H and O–H groups in total. The molecule has 0 radical (unpaired) electrons. The number of benzene rings is 1. The van der Waals surface area contributed by atoms with Crippen LogP contribution in [0.3, 0.4) is 0 Å². The van der Waals surface area contributed by atoms with E-state index in [1.54, 1.807) is 24.3 Å². The van der Waals surface area contributed by atoms with Gasteiger partial charge in [-0.2, -0.15) is 5.26 Å². The Morgan fingerprint density at radius 3 is 2.28 bits per heavy atom. The first-order valence-electron chi connectivity index (χ1n) is 5.99. The van der Waals surface area contributed by atoms with Crippen molar-refractivity contribution in [3.05, 3.63) is 35.4 Å². The Morgan fingerprint density at radius 2 is 1.83 bits per heavy atom. The third-order valence-electron chi connectivity index (χ3n) is 3.26. The van der Waals surface area contributed by atoms with E-state index >= 15 is 0 Å². The van der Waals surface area contributed by atoms with Gasteiger partial charge in [-0.3, -0.25) is 4.57 Å². The summed E-state index contributed by atoms with van der Waals surface area (Å²) in [5.41, 5.74) is -0.0805. The predicted octanol–water partition coefficient (Wildman–Crippen LogP) is 3.21. The molecule has 4 nitrogen and oxygen atoms in total. The summed E-state index contributed by atoms with van der Waals surface area (Å²) in [7, 11) is -4.28. The Balaban J connectivity index is 3.36. The molecule has 0 heterocycles. The fourth-order valence-electron chi connectivity index (χ4n) is 2.30. The van der Waals surface area contributed by atoms with Crippen LogP contribution in [0.15, 0.2) is 24.3 Å². The van der Waals surface area contributed by atoms with Gasteiger partial charge < -0.3 is 9.79 Å². The first-order chi connectivity index (χ1) is 8.45. The Bertz CT molecular complexity index is 485. The summed E-state index contributed by atoms with van der Waals surface area (Å²) >= 11 is 0. The second kappa shape index (κ2) is 6.15. The molecule has 0 saturated heterocycles. The minimum atomic E-state index is -4.28. The number of hydrogen-bond acceptors (Lipinski definition) is 2. The molecule has 18 heavy (non-hydrogen) atoms. The van der Waals surface area contributed by atoms with Gasteiger partial charge in [0.2, 0.25) is 0 Å². The molecule has 0 aliphatic carbocycles. The van der Waals surface area contributed by atoms with Crippen LogP contribution in [-0.4, -0.2) is 9.79 Å². The predicted molar refractivity (Wildman–Crippen MR) is 70.0 cm³/mol. The van der Waals surface area contributed by atoms with Crippen LogP contribution < -0.4 is 0 Å². The number of hydrogen-bond donors (Lipinski definition) is 2.